The lowest BCUT2D eigenvalue weighted by Gasteiger charge is -2.22. The molecule has 0 saturated carbocycles. The highest BCUT2D eigenvalue weighted by atomic mass is 19.1. The third kappa shape index (κ3) is 4.57. The van der Waals surface area contributed by atoms with E-state index in [1.54, 1.807) is 12.3 Å². The molecule has 3 nitrogen and oxygen atoms in total. The largest absolute Gasteiger partial charge is 0.383 e. The third-order valence-electron chi connectivity index (χ3n) is 2.22. The molecule has 0 aliphatic rings. The van der Waals surface area contributed by atoms with Crippen LogP contribution in [0.4, 0.5) is 10.2 Å². The van der Waals surface area contributed by atoms with E-state index in [-0.39, 0.29) is 5.54 Å². The summed E-state index contributed by atoms with van der Waals surface area (Å²) in [5.74, 6) is 0.418. The first-order valence-electron chi connectivity index (χ1n) is 5.47. The lowest BCUT2D eigenvalue weighted by molar-refractivity contribution is 0.284. The minimum absolute atomic E-state index is 0.0647. The molecule has 0 radical (unpaired) electrons. The van der Waals surface area contributed by atoms with E-state index in [0.29, 0.717) is 18.8 Å². The highest BCUT2D eigenvalue weighted by Crippen LogP contribution is 2.12. The van der Waals surface area contributed by atoms with Crippen LogP contribution in [0, 0.1) is 0 Å². The summed E-state index contributed by atoms with van der Waals surface area (Å²) in [6, 6.07) is 3.58. The van der Waals surface area contributed by atoms with E-state index in [0.717, 1.165) is 5.56 Å². The van der Waals surface area contributed by atoms with Gasteiger partial charge in [0.15, 0.2) is 0 Å². The second-order valence-electron chi connectivity index (χ2n) is 4.98. The summed E-state index contributed by atoms with van der Waals surface area (Å²) in [6.45, 7) is 6.37. The van der Waals surface area contributed by atoms with E-state index < -0.39 is 6.17 Å². The van der Waals surface area contributed by atoms with E-state index in [1.165, 1.54) is 0 Å². The zero-order chi connectivity index (χ0) is 12.2. The first-order valence-corrected chi connectivity index (χ1v) is 5.47. The molecule has 1 rings (SSSR count). The maximum Gasteiger partial charge on any atom is 0.126 e. The van der Waals surface area contributed by atoms with Crippen LogP contribution in [0.2, 0.25) is 0 Å². The van der Waals surface area contributed by atoms with Gasteiger partial charge in [-0.05, 0) is 32.4 Å². The molecule has 90 valence electrons. The van der Waals surface area contributed by atoms with Crippen LogP contribution in [0.3, 0.4) is 0 Å². The Hall–Kier alpha value is -1.16. The molecule has 0 aliphatic heterocycles. The lowest BCUT2D eigenvalue weighted by Crippen LogP contribution is -2.40. The van der Waals surface area contributed by atoms with E-state index in [4.69, 9.17) is 5.73 Å². The van der Waals surface area contributed by atoms with Crippen LogP contribution in [0.5, 0.6) is 0 Å². The van der Waals surface area contributed by atoms with Gasteiger partial charge in [-0.25, -0.2) is 9.37 Å². The molecule has 4 heteroatoms. The van der Waals surface area contributed by atoms with E-state index >= 15 is 0 Å². The summed E-state index contributed by atoms with van der Waals surface area (Å²) < 4.78 is 13.7. The zero-order valence-corrected chi connectivity index (χ0v) is 10.1. The molecule has 0 aliphatic carbocycles. The maximum absolute atomic E-state index is 13.7. The average Bonchev–Trinajstić information content (AvgIpc) is 2.18. The van der Waals surface area contributed by atoms with E-state index in [2.05, 4.69) is 10.3 Å². The topological polar surface area (TPSA) is 50.9 Å². The lowest BCUT2D eigenvalue weighted by atomic mass is 10.1. The predicted octanol–water partition coefficient (Wildman–Crippen LogP) is 1.93. The Kier molecular flexibility index (Phi) is 4.24. The van der Waals surface area contributed by atoms with Crippen molar-refractivity contribution in [3.05, 3.63) is 23.9 Å². The smallest absolute Gasteiger partial charge is 0.126 e. The molecule has 16 heavy (non-hydrogen) atoms. The molecular weight excluding hydrogens is 205 g/mol. The van der Waals surface area contributed by atoms with Gasteiger partial charge >= 0.3 is 0 Å². The number of alkyl halides is 1. The summed E-state index contributed by atoms with van der Waals surface area (Å²) in [5, 5.41) is 3.13. The Morgan fingerprint density at radius 1 is 1.50 bits per heavy atom. The second-order valence-corrected chi connectivity index (χ2v) is 4.98. The van der Waals surface area contributed by atoms with Gasteiger partial charge in [0.1, 0.15) is 12.0 Å². The minimum Gasteiger partial charge on any atom is -0.383 e. The van der Waals surface area contributed by atoms with Crippen molar-refractivity contribution in [2.75, 3.05) is 12.3 Å². The van der Waals surface area contributed by atoms with Crippen molar-refractivity contribution in [2.24, 2.45) is 0 Å². The van der Waals surface area contributed by atoms with Gasteiger partial charge in [-0.2, -0.15) is 0 Å². The maximum atomic E-state index is 13.7. The van der Waals surface area contributed by atoms with Gasteiger partial charge in [0.05, 0.1) is 0 Å². The van der Waals surface area contributed by atoms with Crippen LogP contribution >= 0.6 is 0 Å². The number of hydrogen-bond donors (Lipinski definition) is 2. The Morgan fingerprint density at radius 3 is 2.75 bits per heavy atom. The van der Waals surface area contributed by atoms with Crippen molar-refractivity contribution in [3.8, 4) is 0 Å². The molecule has 0 bridgehead atoms. The normalized spacial score (nSPS) is 13.8. The molecule has 1 unspecified atom stereocenters. The first-order chi connectivity index (χ1) is 7.38. The fourth-order valence-corrected chi connectivity index (χ4v) is 1.35. The molecule has 1 heterocycles. The minimum atomic E-state index is -0.939. The van der Waals surface area contributed by atoms with E-state index in [9.17, 15) is 4.39 Å². The van der Waals surface area contributed by atoms with Crippen molar-refractivity contribution in [3.63, 3.8) is 0 Å². The number of nitrogens with two attached hydrogens (primary N) is 1. The zero-order valence-electron chi connectivity index (χ0n) is 10.1. The SMILES string of the molecule is CC(C)(C)NCC(F)Cc1cccnc1N. The monoisotopic (exact) mass is 225 g/mol. The molecule has 0 aromatic carbocycles. The number of aromatic nitrogens is 1. The molecule has 0 spiro atoms. The van der Waals surface area contributed by atoms with Crippen molar-refractivity contribution >= 4 is 5.82 Å². The van der Waals surface area contributed by atoms with E-state index in [1.807, 2.05) is 26.8 Å². The molecule has 0 saturated heterocycles. The Balaban J connectivity index is 2.46. The van der Waals surface area contributed by atoms with Gasteiger partial charge in [-0.15, -0.1) is 0 Å². The molecule has 0 amide bonds. The second kappa shape index (κ2) is 5.25. The molecule has 1 aromatic rings. The number of nitrogens with zero attached hydrogens (tertiary/aromatic N) is 1. The average molecular weight is 225 g/mol. The summed E-state index contributed by atoms with van der Waals surface area (Å²) in [7, 11) is 0. The summed E-state index contributed by atoms with van der Waals surface area (Å²) in [6.07, 6.45) is 0.980. The standard InChI is InChI=1S/C12H20FN3/c1-12(2,3)16-8-10(13)7-9-5-4-6-15-11(9)14/h4-6,10,16H,7-8H2,1-3H3,(H2,14,15). The quantitative estimate of drug-likeness (QED) is 0.823. The predicted molar refractivity (Wildman–Crippen MR) is 65.0 cm³/mol. The third-order valence-corrected chi connectivity index (χ3v) is 2.22. The number of hydrogen-bond acceptors (Lipinski definition) is 3. The van der Waals surface area contributed by atoms with Crippen LogP contribution in [-0.4, -0.2) is 23.2 Å². The molecule has 1 atom stereocenters. The van der Waals surface area contributed by atoms with Gasteiger partial charge in [-0.1, -0.05) is 6.07 Å². The van der Waals surface area contributed by atoms with Crippen LogP contribution in [-0.2, 0) is 6.42 Å². The summed E-state index contributed by atoms with van der Waals surface area (Å²) >= 11 is 0. The van der Waals surface area contributed by atoms with Crippen LogP contribution in [0.1, 0.15) is 26.3 Å². The van der Waals surface area contributed by atoms with Gasteiger partial charge in [0, 0.05) is 24.7 Å². The van der Waals surface area contributed by atoms with Gasteiger partial charge in [0.25, 0.3) is 0 Å². The Labute approximate surface area is 96.3 Å². The Bertz CT molecular complexity index is 333. The molecule has 1 aromatic heterocycles. The number of rotatable bonds is 4. The van der Waals surface area contributed by atoms with Crippen molar-refractivity contribution < 1.29 is 4.39 Å². The number of anilines is 1. The number of halogens is 1. The number of pyridine rings is 1. The highest BCUT2D eigenvalue weighted by Gasteiger charge is 2.14. The summed E-state index contributed by atoms with van der Waals surface area (Å²) in [5.41, 5.74) is 6.36. The van der Waals surface area contributed by atoms with Crippen LogP contribution in [0.15, 0.2) is 18.3 Å². The van der Waals surface area contributed by atoms with Crippen molar-refractivity contribution in [1.82, 2.24) is 10.3 Å². The van der Waals surface area contributed by atoms with Gasteiger partial charge in [-0.3, -0.25) is 0 Å². The first kappa shape index (κ1) is 12.9. The van der Waals surface area contributed by atoms with Gasteiger partial charge in [0.2, 0.25) is 0 Å². The van der Waals surface area contributed by atoms with Crippen LogP contribution < -0.4 is 11.1 Å². The Morgan fingerprint density at radius 2 is 2.19 bits per heavy atom. The molecule has 3 N–H and O–H groups in total. The van der Waals surface area contributed by atoms with Gasteiger partial charge < -0.3 is 11.1 Å². The summed E-state index contributed by atoms with van der Waals surface area (Å²) in [4.78, 5) is 3.93. The highest BCUT2D eigenvalue weighted by molar-refractivity contribution is 5.38. The number of nitrogen functional groups attached to an aromatic ring is 1. The van der Waals surface area contributed by atoms with Crippen molar-refractivity contribution in [1.29, 1.82) is 0 Å². The number of nitrogens with one attached hydrogen (secondary N) is 1. The fraction of sp³-hybridized carbons (Fsp3) is 0.583. The molecular formula is C12H20FN3. The fourth-order valence-electron chi connectivity index (χ4n) is 1.35. The molecule has 0 fully saturated rings. The van der Waals surface area contributed by atoms with Crippen LogP contribution in [0.25, 0.3) is 0 Å². The van der Waals surface area contributed by atoms with Crippen molar-refractivity contribution in [2.45, 2.75) is 38.9 Å².